The minimum Gasteiger partial charge on any atom is -0.497 e. The van der Waals surface area contributed by atoms with Crippen LogP contribution in [0.3, 0.4) is 0 Å². The molecule has 0 fully saturated rings. The molecule has 3 rings (SSSR count). The number of sulfonamides is 1. The number of carbonyl (C=O) groups is 2. The van der Waals surface area contributed by atoms with Gasteiger partial charge in [-0.15, -0.1) is 0 Å². The molecule has 0 aromatic heterocycles. The third-order valence-corrected chi connectivity index (χ3v) is 8.25. The van der Waals surface area contributed by atoms with E-state index in [0.717, 1.165) is 21.0 Å². The summed E-state index contributed by atoms with van der Waals surface area (Å²) in [6.45, 7) is 7.64. The van der Waals surface area contributed by atoms with E-state index in [1.54, 1.807) is 36.4 Å². The fraction of sp³-hybridized carbons (Fsp3) is 0.333. The standard InChI is InChI=1S/C30H37N3O5S/c1-6-28(30(35)31-7-2)32(20-24-12-8-22(3)9-13-24)29(34)21-33(25-14-10-23(4)11-15-25)39(36,37)27-18-16-26(38-5)17-19-27/h8-19,28H,6-7,20-21H2,1-5H3,(H,31,35)/t28-/m0/s1. The zero-order valence-electron chi connectivity index (χ0n) is 23.2. The Kier molecular flexibility index (Phi) is 10.1. The van der Waals surface area contributed by atoms with Crippen molar-refractivity contribution in [1.29, 1.82) is 0 Å². The van der Waals surface area contributed by atoms with Gasteiger partial charge in [0.15, 0.2) is 0 Å². The van der Waals surface area contributed by atoms with Gasteiger partial charge in [0.2, 0.25) is 11.8 Å². The molecule has 1 atom stereocenters. The second-order valence-electron chi connectivity index (χ2n) is 9.35. The number of hydrogen-bond acceptors (Lipinski definition) is 5. The third-order valence-electron chi connectivity index (χ3n) is 6.46. The zero-order chi connectivity index (χ0) is 28.6. The van der Waals surface area contributed by atoms with E-state index in [9.17, 15) is 18.0 Å². The number of hydrogen-bond donors (Lipinski definition) is 1. The molecule has 0 unspecified atom stereocenters. The Labute approximate surface area is 231 Å². The number of ether oxygens (including phenoxy) is 1. The van der Waals surface area contributed by atoms with Crippen molar-refractivity contribution in [3.05, 3.63) is 89.5 Å². The Morgan fingerprint density at radius 3 is 1.95 bits per heavy atom. The lowest BCUT2D eigenvalue weighted by Gasteiger charge is -2.33. The topological polar surface area (TPSA) is 96.0 Å². The minimum absolute atomic E-state index is 0.0255. The molecule has 39 heavy (non-hydrogen) atoms. The number of aryl methyl sites for hydroxylation is 2. The van der Waals surface area contributed by atoms with E-state index in [-0.39, 0.29) is 17.3 Å². The molecule has 0 saturated heterocycles. The molecule has 0 spiro atoms. The molecule has 3 aromatic rings. The molecule has 1 N–H and O–H groups in total. The Balaban J connectivity index is 2.04. The molecular formula is C30H37N3O5S. The van der Waals surface area contributed by atoms with Gasteiger partial charge in [-0.05, 0) is 69.2 Å². The van der Waals surface area contributed by atoms with Crippen LogP contribution in [0.5, 0.6) is 5.75 Å². The summed E-state index contributed by atoms with van der Waals surface area (Å²) in [5.74, 6) is -0.240. The van der Waals surface area contributed by atoms with E-state index in [1.165, 1.54) is 24.1 Å². The third kappa shape index (κ3) is 7.38. The smallest absolute Gasteiger partial charge is 0.264 e. The van der Waals surface area contributed by atoms with Gasteiger partial charge in [-0.25, -0.2) is 8.42 Å². The second kappa shape index (κ2) is 13.3. The Morgan fingerprint density at radius 1 is 0.872 bits per heavy atom. The maximum atomic E-state index is 14.0. The molecule has 2 amide bonds. The van der Waals surface area contributed by atoms with Crippen molar-refractivity contribution in [2.75, 3.05) is 24.5 Å². The summed E-state index contributed by atoms with van der Waals surface area (Å²) in [6, 6.07) is 19.9. The molecular weight excluding hydrogens is 514 g/mol. The number of nitrogens with zero attached hydrogens (tertiary/aromatic N) is 2. The normalized spacial score (nSPS) is 11.9. The highest BCUT2D eigenvalue weighted by Gasteiger charge is 2.33. The number of benzene rings is 3. The highest BCUT2D eigenvalue weighted by molar-refractivity contribution is 7.92. The van der Waals surface area contributed by atoms with Gasteiger partial charge < -0.3 is 15.0 Å². The monoisotopic (exact) mass is 551 g/mol. The van der Waals surface area contributed by atoms with Crippen molar-refractivity contribution < 1.29 is 22.7 Å². The predicted octanol–water partition coefficient (Wildman–Crippen LogP) is 4.45. The Hall–Kier alpha value is -3.85. The van der Waals surface area contributed by atoms with Crippen molar-refractivity contribution in [3.8, 4) is 5.75 Å². The van der Waals surface area contributed by atoms with E-state index in [4.69, 9.17) is 4.74 Å². The van der Waals surface area contributed by atoms with Gasteiger partial charge in [-0.3, -0.25) is 13.9 Å². The molecule has 3 aromatic carbocycles. The van der Waals surface area contributed by atoms with E-state index in [1.807, 2.05) is 52.0 Å². The van der Waals surface area contributed by atoms with Gasteiger partial charge in [-0.2, -0.15) is 0 Å². The lowest BCUT2D eigenvalue weighted by atomic mass is 10.1. The van der Waals surface area contributed by atoms with Crippen LogP contribution >= 0.6 is 0 Å². The van der Waals surface area contributed by atoms with Crippen LogP contribution < -0.4 is 14.4 Å². The summed E-state index contributed by atoms with van der Waals surface area (Å²) in [5.41, 5.74) is 3.22. The average Bonchev–Trinajstić information content (AvgIpc) is 2.93. The molecule has 0 heterocycles. The Morgan fingerprint density at radius 2 is 1.44 bits per heavy atom. The first kappa shape index (κ1) is 29.7. The summed E-state index contributed by atoms with van der Waals surface area (Å²) >= 11 is 0. The van der Waals surface area contributed by atoms with E-state index < -0.39 is 28.5 Å². The van der Waals surface area contributed by atoms with Crippen LogP contribution in [0.1, 0.15) is 37.0 Å². The van der Waals surface area contributed by atoms with Crippen molar-refractivity contribution in [1.82, 2.24) is 10.2 Å². The first-order valence-corrected chi connectivity index (χ1v) is 14.4. The van der Waals surface area contributed by atoms with Gasteiger partial charge in [0.05, 0.1) is 17.7 Å². The number of likely N-dealkylation sites (N-methyl/N-ethyl adjacent to an activating group) is 1. The lowest BCUT2D eigenvalue weighted by Crippen LogP contribution is -2.52. The maximum absolute atomic E-state index is 14.0. The first-order chi connectivity index (χ1) is 18.6. The van der Waals surface area contributed by atoms with Crippen LogP contribution in [0, 0.1) is 13.8 Å². The minimum atomic E-state index is -4.13. The molecule has 9 heteroatoms. The fourth-order valence-electron chi connectivity index (χ4n) is 4.22. The van der Waals surface area contributed by atoms with Gasteiger partial charge in [0, 0.05) is 13.1 Å². The van der Waals surface area contributed by atoms with E-state index in [2.05, 4.69) is 5.32 Å². The zero-order valence-corrected chi connectivity index (χ0v) is 24.0. The fourth-order valence-corrected chi connectivity index (χ4v) is 5.63. The molecule has 0 aliphatic heterocycles. The van der Waals surface area contributed by atoms with Crippen LogP contribution in [-0.4, -0.2) is 51.4 Å². The maximum Gasteiger partial charge on any atom is 0.264 e. The molecule has 208 valence electrons. The van der Waals surface area contributed by atoms with Crippen molar-refractivity contribution >= 4 is 27.5 Å². The van der Waals surface area contributed by atoms with Crippen LogP contribution in [0.25, 0.3) is 0 Å². The molecule has 0 aliphatic carbocycles. The number of anilines is 1. The average molecular weight is 552 g/mol. The largest absolute Gasteiger partial charge is 0.497 e. The molecule has 0 saturated carbocycles. The predicted molar refractivity (Wildman–Crippen MR) is 153 cm³/mol. The summed E-state index contributed by atoms with van der Waals surface area (Å²) in [5, 5.41) is 2.81. The molecule has 0 radical (unpaired) electrons. The van der Waals surface area contributed by atoms with Gasteiger partial charge >= 0.3 is 0 Å². The molecule has 8 nitrogen and oxygen atoms in total. The van der Waals surface area contributed by atoms with Gasteiger partial charge in [0.25, 0.3) is 10.0 Å². The van der Waals surface area contributed by atoms with Crippen molar-refractivity contribution in [2.45, 2.75) is 51.6 Å². The van der Waals surface area contributed by atoms with Crippen LogP contribution in [0.2, 0.25) is 0 Å². The highest BCUT2D eigenvalue weighted by atomic mass is 32.2. The SMILES string of the molecule is CCNC(=O)[C@H](CC)N(Cc1ccc(C)cc1)C(=O)CN(c1ccc(C)cc1)S(=O)(=O)c1ccc(OC)cc1. The number of methoxy groups -OCH3 is 1. The van der Waals surface area contributed by atoms with Crippen molar-refractivity contribution in [3.63, 3.8) is 0 Å². The van der Waals surface area contributed by atoms with Gasteiger partial charge in [0.1, 0.15) is 18.3 Å². The summed E-state index contributed by atoms with van der Waals surface area (Å²) in [4.78, 5) is 28.5. The number of carbonyl (C=O) groups excluding carboxylic acids is 2. The van der Waals surface area contributed by atoms with E-state index >= 15 is 0 Å². The number of amides is 2. The van der Waals surface area contributed by atoms with Gasteiger partial charge in [-0.1, -0.05) is 54.4 Å². The van der Waals surface area contributed by atoms with Crippen LogP contribution in [0.4, 0.5) is 5.69 Å². The van der Waals surface area contributed by atoms with Crippen LogP contribution in [0.15, 0.2) is 77.7 Å². The van der Waals surface area contributed by atoms with E-state index in [0.29, 0.717) is 24.4 Å². The Bertz CT molecular complexity index is 1360. The molecule has 0 aliphatic rings. The molecule has 0 bridgehead atoms. The lowest BCUT2D eigenvalue weighted by molar-refractivity contribution is -0.140. The highest BCUT2D eigenvalue weighted by Crippen LogP contribution is 2.26. The quantitative estimate of drug-likeness (QED) is 0.359. The summed E-state index contributed by atoms with van der Waals surface area (Å²) < 4.78 is 34.0. The second-order valence-corrected chi connectivity index (χ2v) is 11.2. The van der Waals surface area contributed by atoms with Crippen molar-refractivity contribution in [2.24, 2.45) is 0 Å². The van der Waals surface area contributed by atoms with Crippen LogP contribution in [-0.2, 0) is 26.2 Å². The summed E-state index contributed by atoms with van der Waals surface area (Å²) in [7, 11) is -2.63. The number of nitrogens with one attached hydrogen (secondary N) is 1. The summed E-state index contributed by atoms with van der Waals surface area (Å²) in [6.07, 6.45) is 0.374. The first-order valence-electron chi connectivity index (χ1n) is 13.0. The number of rotatable bonds is 12.